The number of nitrogens with zero attached hydrogens (tertiary/aromatic N) is 1. The highest BCUT2D eigenvalue weighted by Crippen LogP contribution is 2.32. The number of allylic oxidation sites excluding steroid dienone is 1. The van der Waals surface area contributed by atoms with Crippen molar-refractivity contribution >= 4 is 34.9 Å². The average molecular weight is 484 g/mol. The Morgan fingerprint density at radius 1 is 1.12 bits per heavy atom. The molecule has 1 amide bonds. The summed E-state index contributed by atoms with van der Waals surface area (Å²) in [5, 5.41) is 6.62. The van der Waals surface area contributed by atoms with E-state index in [-0.39, 0.29) is 18.9 Å². The number of ether oxygens (including phenoxy) is 3. The van der Waals surface area contributed by atoms with Crippen LogP contribution in [0.5, 0.6) is 5.75 Å². The lowest BCUT2D eigenvalue weighted by Crippen LogP contribution is -2.46. The average Bonchev–Trinajstić information content (AvgIpc) is 2.83. The van der Waals surface area contributed by atoms with Crippen molar-refractivity contribution in [3.05, 3.63) is 70.9 Å². The van der Waals surface area contributed by atoms with Crippen molar-refractivity contribution in [2.75, 3.05) is 39.8 Å². The molecule has 180 valence electrons. The van der Waals surface area contributed by atoms with Crippen molar-refractivity contribution in [1.29, 1.82) is 0 Å². The Hall–Kier alpha value is -3.43. The predicted octanol–water partition coefficient (Wildman–Crippen LogP) is 3.20. The van der Waals surface area contributed by atoms with Gasteiger partial charge >= 0.3 is 5.97 Å². The number of anilines is 1. The van der Waals surface area contributed by atoms with E-state index < -0.39 is 12.0 Å². The van der Waals surface area contributed by atoms with Gasteiger partial charge in [-0.3, -0.25) is 4.79 Å². The number of carbonyl (C=O) groups excluding carboxylic acids is 2. The molecule has 0 saturated carbocycles. The Bertz CT molecular complexity index is 1080. The number of amides is 1. The number of carbonyl (C=O) groups is 2. The smallest absolute Gasteiger partial charge is 0.338 e. The summed E-state index contributed by atoms with van der Waals surface area (Å²) in [7, 11) is 4.94. The highest BCUT2D eigenvalue weighted by molar-refractivity contribution is 7.80. The third-order valence-electron chi connectivity index (χ3n) is 5.52. The van der Waals surface area contributed by atoms with Crippen molar-refractivity contribution in [2.45, 2.75) is 19.4 Å². The highest BCUT2D eigenvalue weighted by atomic mass is 32.1. The monoisotopic (exact) mass is 483 g/mol. The molecule has 0 aliphatic carbocycles. The van der Waals surface area contributed by atoms with E-state index in [0.29, 0.717) is 28.7 Å². The molecule has 1 aliphatic rings. The predicted molar refractivity (Wildman–Crippen MR) is 134 cm³/mol. The van der Waals surface area contributed by atoms with Crippen molar-refractivity contribution in [2.24, 2.45) is 0 Å². The van der Waals surface area contributed by atoms with Gasteiger partial charge in [-0.2, -0.15) is 0 Å². The Labute approximate surface area is 204 Å². The summed E-state index contributed by atoms with van der Waals surface area (Å²) in [6, 6.07) is 14.2. The van der Waals surface area contributed by atoms with Gasteiger partial charge in [0.05, 0.1) is 31.8 Å². The lowest BCUT2D eigenvalue weighted by molar-refractivity contribution is -0.140. The molecule has 2 aromatic rings. The molecule has 1 heterocycles. The quantitative estimate of drug-likeness (QED) is 0.319. The summed E-state index contributed by atoms with van der Waals surface area (Å²) < 4.78 is 15.5. The highest BCUT2D eigenvalue weighted by Gasteiger charge is 2.33. The number of hydrogen-bond acceptors (Lipinski definition) is 6. The molecule has 2 aromatic carbocycles. The summed E-state index contributed by atoms with van der Waals surface area (Å²) in [6.07, 6.45) is 0.223. The SMILES string of the molecule is COCCOC(=O)C1=C(C)N(C)C(=S)NC1c1cccc(NC(=O)Cc2ccc(OC)cc2)c1. The fourth-order valence-electron chi connectivity index (χ4n) is 3.58. The van der Waals surface area contributed by atoms with Gasteiger partial charge in [0.1, 0.15) is 12.4 Å². The van der Waals surface area contributed by atoms with Crippen LogP contribution in [0, 0.1) is 0 Å². The Kier molecular flexibility index (Phi) is 8.61. The molecule has 0 radical (unpaired) electrons. The maximum atomic E-state index is 12.9. The molecule has 2 N–H and O–H groups in total. The number of rotatable bonds is 9. The van der Waals surface area contributed by atoms with Crippen LogP contribution in [0.4, 0.5) is 5.69 Å². The van der Waals surface area contributed by atoms with Gasteiger partial charge in [-0.15, -0.1) is 0 Å². The van der Waals surface area contributed by atoms with Gasteiger partial charge in [-0.25, -0.2) is 4.79 Å². The van der Waals surface area contributed by atoms with Gasteiger partial charge in [-0.05, 0) is 54.5 Å². The van der Waals surface area contributed by atoms with Crippen LogP contribution < -0.4 is 15.4 Å². The van der Waals surface area contributed by atoms with E-state index >= 15 is 0 Å². The number of nitrogens with one attached hydrogen (secondary N) is 2. The van der Waals surface area contributed by atoms with Gasteiger partial charge in [0, 0.05) is 25.5 Å². The van der Waals surface area contributed by atoms with Crippen LogP contribution in [-0.2, 0) is 25.5 Å². The number of esters is 1. The topological polar surface area (TPSA) is 89.1 Å². The van der Waals surface area contributed by atoms with Gasteiger partial charge in [0.15, 0.2) is 5.11 Å². The zero-order valence-electron chi connectivity index (χ0n) is 19.7. The molecule has 0 aromatic heterocycles. The van der Waals surface area contributed by atoms with Crippen LogP contribution in [0.3, 0.4) is 0 Å². The molecule has 1 atom stereocenters. The van der Waals surface area contributed by atoms with Crippen LogP contribution in [0.25, 0.3) is 0 Å². The van der Waals surface area contributed by atoms with E-state index in [1.54, 1.807) is 32.2 Å². The molecule has 0 bridgehead atoms. The minimum atomic E-state index is -0.516. The second-order valence-electron chi connectivity index (χ2n) is 7.77. The minimum absolute atomic E-state index is 0.147. The fraction of sp³-hybridized carbons (Fsp3) is 0.320. The molecule has 0 fully saturated rings. The lowest BCUT2D eigenvalue weighted by atomic mass is 9.95. The first-order valence-corrected chi connectivity index (χ1v) is 11.2. The normalized spacial score (nSPS) is 15.6. The molecular formula is C25H29N3O5S. The van der Waals surface area contributed by atoms with Gasteiger partial charge in [0.25, 0.3) is 0 Å². The maximum absolute atomic E-state index is 12.9. The summed E-state index contributed by atoms with van der Waals surface area (Å²) >= 11 is 5.45. The van der Waals surface area contributed by atoms with Gasteiger partial charge in [-0.1, -0.05) is 24.3 Å². The summed E-state index contributed by atoms with van der Waals surface area (Å²) in [5.74, 6) is 0.135. The second-order valence-corrected chi connectivity index (χ2v) is 8.15. The standard InChI is InChI=1S/C25H29N3O5S/c1-16-22(24(30)33-13-12-31-3)23(27-25(34)28(16)2)18-6-5-7-19(15-18)26-21(29)14-17-8-10-20(32-4)11-9-17/h5-11,15,23H,12-14H2,1-4H3,(H,26,29)(H,27,34). The Balaban J connectivity index is 1.79. The third-order valence-corrected chi connectivity index (χ3v) is 5.91. The van der Waals surface area contributed by atoms with Crippen molar-refractivity contribution in [1.82, 2.24) is 10.2 Å². The van der Waals surface area contributed by atoms with Crippen molar-refractivity contribution in [3.8, 4) is 5.75 Å². The van der Waals surface area contributed by atoms with Crippen LogP contribution in [-0.4, -0.2) is 56.4 Å². The largest absolute Gasteiger partial charge is 0.497 e. The number of benzene rings is 2. The molecule has 34 heavy (non-hydrogen) atoms. The van der Waals surface area contributed by atoms with Crippen molar-refractivity contribution in [3.63, 3.8) is 0 Å². The van der Waals surface area contributed by atoms with E-state index in [9.17, 15) is 9.59 Å². The first-order chi connectivity index (χ1) is 16.3. The zero-order valence-corrected chi connectivity index (χ0v) is 20.5. The molecule has 8 nitrogen and oxygen atoms in total. The molecule has 1 aliphatic heterocycles. The van der Waals surface area contributed by atoms with Crippen molar-refractivity contribution < 1.29 is 23.8 Å². The number of thiocarbonyl (C=S) groups is 1. The fourth-order valence-corrected chi connectivity index (χ4v) is 3.83. The van der Waals surface area contributed by atoms with E-state index in [0.717, 1.165) is 16.9 Å². The lowest BCUT2D eigenvalue weighted by Gasteiger charge is -2.35. The van der Waals surface area contributed by atoms with E-state index in [1.807, 2.05) is 49.4 Å². The van der Waals surface area contributed by atoms with Gasteiger partial charge in [0.2, 0.25) is 5.91 Å². The van der Waals surface area contributed by atoms with Crippen LogP contribution in [0.2, 0.25) is 0 Å². The molecule has 3 rings (SSSR count). The molecule has 9 heteroatoms. The minimum Gasteiger partial charge on any atom is -0.497 e. The Morgan fingerprint density at radius 3 is 2.53 bits per heavy atom. The van der Waals surface area contributed by atoms with E-state index in [4.69, 9.17) is 26.4 Å². The zero-order chi connectivity index (χ0) is 24.7. The first kappa shape index (κ1) is 25.2. The van der Waals surface area contributed by atoms with E-state index in [1.165, 1.54) is 0 Å². The van der Waals surface area contributed by atoms with Crippen LogP contribution >= 0.6 is 12.2 Å². The van der Waals surface area contributed by atoms with E-state index in [2.05, 4.69) is 10.6 Å². The molecular weight excluding hydrogens is 454 g/mol. The Morgan fingerprint density at radius 2 is 1.85 bits per heavy atom. The summed E-state index contributed by atoms with van der Waals surface area (Å²) in [6.45, 7) is 2.28. The summed E-state index contributed by atoms with van der Waals surface area (Å²) in [4.78, 5) is 27.3. The third kappa shape index (κ3) is 6.12. The maximum Gasteiger partial charge on any atom is 0.338 e. The van der Waals surface area contributed by atoms with Crippen LogP contribution in [0.1, 0.15) is 24.1 Å². The molecule has 0 spiro atoms. The number of hydrogen-bond donors (Lipinski definition) is 2. The summed E-state index contributed by atoms with van der Waals surface area (Å²) in [5.41, 5.74) is 3.42. The molecule has 1 unspecified atom stereocenters. The van der Waals surface area contributed by atoms with Crippen LogP contribution in [0.15, 0.2) is 59.8 Å². The molecule has 0 saturated heterocycles. The number of methoxy groups -OCH3 is 2. The first-order valence-electron chi connectivity index (χ1n) is 10.8. The van der Waals surface area contributed by atoms with Gasteiger partial charge < -0.3 is 29.7 Å². The second kappa shape index (κ2) is 11.6.